The molecule has 0 saturated carbocycles. The fraction of sp³-hybridized carbons (Fsp3) is 0.312. The Bertz CT molecular complexity index is 854. The van der Waals surface area contributed by atoms with Gasteiger partial charge in [0.15, 0.2) is 5.82 Å². The normalized spacial score (nSPS) is 11.2. The second-order valence-electron chi connectivity index (χ2n) is 5.07. The van der Waals surface area contributed by atoms with Crippen LogP contribution < -0.4 is 5.73 Å². The molecule has 0 spiro atoms. The zero-order valence-electron chi connectivity index (χ0n) is 12.7. The molecule has 0 aliphatic heterocycles. The van der Waals surface area contributed by atoms with Crippen molar-refractivity contribution in [2.45, 2.75) is 26.8 Å². The maximum absolute atomic E-state index is 10.9. The lowest BCUT2D eigenvalue weighted by Crippen LogP contribution is -2.08. The third-order valence-corrected chi connectivity index (χ3v) is 3.64. The van der Waals surface area contributed by atoms with Crippen LogP contribution in [0, 0.1) is 0 Å². The number of fused-ring (bicyclic) bond motifs is 3. The summed E-state index contributed by atoms with van der Waals surface area (Å²) in [6, 6.07) is 7.88. The molecule has 3 rings (SSSR count). The van der Waals surface area contributed by atoms with E-state index in [1.807, 2.05) is 24.3 Å². The number of pyridine rings is 1. The number of benzene rings is 1. The Kier molecular flexibility index (Phi) is 3.66. The van der Waals surface area contributed by atoms with Gasteiger partial charge in [0.25, 0.3) is 0 Å². The second kappa shape index (κ2) is 5.63. The molecule has 0 unspecified atom stereocenters. The number of carbonyl (C=O) groups excluding carboxylic acids is 1. The summed E-state index contributed by atoms with van der Waals surface area (Å²) in [6.45, 7) is 4.53. The topological polar surface area (TPSA) is 83.0 Å². The van der Waals surface area contributed by atoms with Gasteiger partial charge in [-0.25, -0.2) is 9.97 Å². The van der Waals surface area contributed by atoms with Crippen molar-refractivity contribution in [2.75, 3.05) is 12.3 Å². The Hall–Kier alpha value is -2.63. The molecule has 1 aromatic carbocycles. The minimum Gasteiger partial charge on any atom is -0.465 e. The highest BCUT2D eigenvalue weighted by molar-refractivity contribution is 6.06. The highest BCUT2D eigenvalue weighted by atomic mass is 16.5. The number of anilines is 1. The van der Waals surface area contributed by atoms with E-state index in [0.717, 1.165) is 28.8 Å². The van der Waals surface area contributed by atoms with Crippen LogP contribution in [0.2, 0.25) is 0 Å². The van der Waals surface area contributed by atoms with Crippen molar-refractivity contribution in [3.8, 4) is 0 Å². The third-order valence-electron chi connectivity index (χ3n) is 3.64. The Morgan fingerprint density at radius 3 is 2.82 bits per heavy atom. The van der Waals surface area contributed by atoms with E-state index < -0.39 is 0 Å². The van der Waals surface area contributed by atoms with Crippen LogP contribution in [0.3, 0.4) is 0 Å². The zero-order chi connectivity index (χ0) is 15.7. The predicted molar refractivity (Wildman–Crippen MR) is 85.5 cm³/mol. The summed E-state index contributed by atoms with van der Waals surface area (Å²) >= 11 is 0. The van der Waals surface area contributed by atoms with E-state index in [1.54, 1.807) is 0 Å². The van der Waals surface area contributed by atoms with Crippen LogP contribution in [0.15, 0.2) is 24.3 Å². The molecule has 6 nitrogen and oxygen atoms in total. The average molecular weight is 298 g/mol. The van der Waals surface area contributed by atoms with E-state index >= 15 is 0 Å². The van der Waals surface area contributed by atoms with E-state index in [-0.39, 0.29) is 5.97 Å². The highest BCUT2D eigenvalue weighted by Crippen LogP contribution is 2.28. The van der Waals surface area contributed by atoms with Gasteiger partial charge in [-0.2, -0.15) is 0 Å². The molecule has 22 heavy (non-hydrogen) atoms. The summed E-state index contributed by atoms with van der Waals surface area (Å²) < 4.78 is 7.13. The Morgan fingerprint density at radius 1 is 1.32 bits per heavy atom. The maximum Gasteiger partial charge on any atom is 0.302 e. The molecule has 2 N–H and O–H groups in total. The summed E-state index contributed by atoms with van der Waals surface area (Å²) in [5.74, 6) is 0.990. The summed E-state index contributed by atoms with van der Waals surface area (Å²) in [5.41, 5.74) is 8.62. The lowest BCUT2D eigenvalue weighted by Gasteiger charge is -2.08. The molecule has 0 aliphatic rings. The van der Waals surface area contributed by atoms with Crippen molar-refractivity contribution >= 4 is 33.7 Å². The third kappa shape index (κ3) is 2.36. The lowest BCUT2D eigenvalue weighted by atomic mass is 10.2. The van der Waals surface area contributed by atoms with Crippen LogP contribution in [-0.4, -0.2) is 27.1 Å². The van der Waals surface area contributed by atoms with Gasteiger partial charge >= 0.3 is 5.97 Å². The van der Waals surface area contributed by atoms with Crippen LogP contribution in [0.1, 0.15) is 19.7 Å². The molecule has 0 radical (unpaired) electrons. The average Bonchev–Trinajstić information content (AvgIpc) is 2.86. The summed E-state index contributed by atoms with van der Waals surface area (Å²) in [7, 11) is 0. The van der Waals surface area contributed by atoms with Gasteiger partial charge in [-0.1, -0.05) is 18.2 Å². The molecule has 2 aromatic heterocycles. The number of ether oxygens (including phenoxy) is 1. The van der Waals surface area contributed by atoms with Crippen molar-refractivity contribution in [2.24, 2.45) is 0 Å². The SMILES string of the molecule is CCn1c(CCOC(C)=O)nc2c(N)nc3ccccc3c21. The number of hydrogen-bond donors (Lipinski definition) is 1. The molecule has 0 fully saturated rings. The molecule has 114 valence electrons. The number of aryl methyl sites for hydroxylation is 1. The number of hydrogen-bond acceptors (Lipinski definition) is 5. The molecule has 0 bridgehead atoms. The summed E-state index contributed by atoms with van der Waals surface area (Å²) in [4.78, 5) is 19.9. The summed E-state index contributed by atoms with van der Waals surface area (Å²) in [6.07, 6.45) is 0.551. The van der Waals surface area contributed by atoms with Crippen molar-refractivity contribution in [1.29, 1.82) is 0 Å². The fourth-order valence-corrected chi connectivity index (χ4v) is 2.72. The van der Waals surface area contributed by atoms with E-state index in [9.17, 15) is 4.79 Å². The standard InChI is InChI=1S/C16H18N4O2/c1-3-20-13(8-9-22-10(2)21)19-14-15(20)11-6-4-5-7-12(11)18-16(14)17/h4-7H,3,8-9H2,1-2H3,(H2,17,18). The number of nitrogen functional groups attached to an aromatic ring is 1. The first-order chi connectivity index (χ1) is 10.6. The van der Waals surface area contributed by atoms with Crippen molar-refractivity contribution < 1.29 is 9.53 Å². The molecular weight excluding hydrogens is 280 g/mol. The van der Waals surface area contributed by atoms with Gasteiger partial charge in [0, 0.05) is 25.3 Å². The largest absolute Gasteiger partial charge is 0.465 e. The molecule has 6 heteroatoms. The molecule has 2 heterocycles. The Labute approximate surface area is 127 Å². The van der Waals surface area contributed by atoms with Crippen LogP contribution in [-0.2, 0) is 22.5 Å². The number of aromatic nitrogens is 3. The molecule has 3 aromatic rings. The van der Waals surface area contributed by atoms with Gasteiger partial charge in [-0.05, 0) is 13.0 Å². The number of nitrogens with two attached hydrogens (primary N) is 1. The number of para-hydroxylation sites is 1. The van der Waals surface area contributed by atoms with Crippen molar-refractivity contribution in [3.63, 3.8) is 0 Å². The van der Waals surface area contributed by atoms with Gasteiger partial charge in [-0.3, -0.25) is 4.79 Å². The predicted octanol–water partition coefficient (Wildman–Crippen LogP) is 2.29. The number of carbonyl (C=O) groups is 1. The first-order valence-electron chi connectivity index (χ1n) is 7.28. The minimum atomic E-state index is -0.286. The Morgan fingerprint density at radius 2 is 2.09 bits per heavy atom. The van der Waals surface area contributed by atoms with E-state index in [0.29, 0.717) is 24.4 Å². The zero-order valence-corrected chi connectivity index (χ0v) is 12.7. The number of nitrogens with zero attached hydrogens (tertiary/aromatic N) is 3. The Balaban J connectivity index is 2.16. The number of rotatable bonds is 4. The fourth-order valence-electron chi connectivity index (χ4n) is 2.72. The van der Waals surface area contributed by atoms with Crippen LogP contribution in [0.4, 0.5) is 5.82 Å². The van der Waals surface area contributed by atoms with Gasteiger partial charge in [-0.15, -0.1) is 0 Å². The highest BCUT2D eigenvalue weighted by Gasteiger charge is 2.16. The monoisotopic (exact) mass is 298 g/mol. The molecule has 0 atom stereocenters. The smallest absolute Gasteiger partial charge is 0.302 e. The van der Waals surface area contributed by atoms with Crippen LogP contribution in [0.5, 0.6) is 0 Å². The molecule has 0 amide bonds. The molecular formula is C16H18N4O2. The van der Waals surface area contributed by atoms with E-state index in [1.165, 1.54) is 6.92 Å². The first-order valence-corrected chi connectivity index (χ1v) is 7.28. The van der Waals surface area contributed by atoms with E-state index in [2.05, 4.69) is 21.5 Å². The first kappa shape index (κ1) is 14.3. The van der Waals surface area contributed by atoms with E-state index in [4.69, 9.17) is 10.5 Å². The maximum atomic E-state index is 10.9. The molecule has 0 saturated heterocycles. The number of imidazole rings is 1. The summed E-state index contributed by atoms with van der Waals surface area (Å²) in [5, 5.41) is 1.03. The van der Waals surface area contributed by atoms with Crippen molar-refractivity contribution in [1.82, 2.24) is 14.5 Å². The van der Waals surface area contributed by atoms with Crippen molar-refractivity contribution in [3.05, 3.63) is 30.1 Å². The van der Waals surface area contributed by atoms with Crippen LogP contribution in [0.25, 0.3) is 21.9 Å². The molecule has 0 aliphatic carbocycles. The second-order valence-corrected chi connectivity index (χ2v) is 5.07. The quantitative estimate of drug-likeness (QED) is 0.747. The van der Waals surface area contributed by atoms with Gasteiger partial charge in [0.05, 0.1) is 17.6 Å². The van der Waals surface area contributed by atoms with Gasteiger partial charge in [0.2, 0.25) is 0 Å². The minimum absolute atomic E-state index is 0.286. The van der Waals surface area contributed by atoms with Gasteiger partial charge < -0.3 is 15.0 Å². The van der Waals surface area contributed by atoms with Crippen LogP contribution >= 0.6 is 0 Å². The lowest BCUT2D eigenvalue weighted by molar-refractivity contribution is -0.140. The van der Waals surface area contributed by atoms with Gasteiger partial charge in [0.1, 0.15) is 11.3 Å². The number of esters is 1.